The van der Waals surface area contributed by atoms with Crippen LogP contribution in [0, 0.1) is 28.2 Å². The second-order valence-corrected chi connectivity index (χ2v) is 7.05. The first-order valence-electron chi connectivity index (χ1n) is 6.89. The zero-order valence-electron chi connectivity index (χ0n) is 11.0. The number of carbonyl (C=O) groups is 1. The Labute approximate surface area is 127 Å². The van der Waals surface area contributed by atoms with Crippen molar-refractivity contribution in [2.45, 2.75) is 32.2 Å². The summed E-state index contributed by atoms with van der Waals surface area (Å²) in [4.78, 5) is 12.4. The Kier molecular flexibility index (Phi) is 3.55. The van der Waals surface area contributed by atoms with E-state index in [9.17, 15) is 4.79 Å². The van der Waals surface area contributed by atoms with E-state index in [0.29, 0.717) is 11.8 Å². The van der Waals surface area contributed by atoms with Gasteiger partial charge in [-0.05, 0) is 78.3 Å². The number of nitrogens with one attached hydrogen (secondary N) is 1. The molecule has 0 spiro atoms. The van der Waals surface area contributed by atoms with Gasteiger partial charge in [-0.1, -0.05) is 6.07 Å². The molecule has 0 saturated heterocycles. The first kappa shape index (κ1) is 13.4. The Morgan fingerprint density at radius 2 is 2.11 bits per heavy atom. The van der Waals surface area contributed by atoms with E-state index in [1.807, 2.05) is 18.2 Å². The molecule has 2 bridgehead atoms. The molecule has 2 aliphatic carbocycles. The van der Waals surface area contributed by atoms with Gasteiger partial charge in [0, 0.05) is 15.3 Å². The summed E-state index contributed by atoms with van der Waals surface area (Å²) < 4.78 is 1.17. The zero-order chi connectivity index (χ0) is 13.6. The molecular formula is C15H19IN2O. The van der Waals surface area contributed by atoms with Gasteiger partial charge in [0.15, 0.2) is 0 Å². The van der Waals surface area contributed by atoms with Crippen molar-refractivity contribution in [2.24, 2.45) is 23.5 Å². The number of hydrogen-bond donors (Lipinski definition) is 2. The highest BCUT2D eigenvalue weighted by molar-refractivity contribution is 14.1. The predicted molar refractivity (Wildman–Crippen MR) is 84.8 cm³/mol. The van der Waals surface area contributed by atoms with Gasteiger partial charge in [-0.2, -0.15) is 0 Å². The van der Waals surface area contributed by atoms with Crippen LogP contribution in [0.5, 0.6) is 0 Å². The van der Waals surface area contributed by atoms with Crippen LogP contribution in [0.25, 0.3) is 0 Å². The van der Waals surface area contributed by atoms with E-state index in [0.717, 1.165) is 12.1 Å². The molecule has 1 aromatic rings. The average molecular weight is 370 g/mol. The number of anilines is 1. The first-order valence-corrected chi connectivity index (χ1v) is 7.96. The molecule has 2 fully saturated rings. The van der Waals surface area contributed by atoms with Crippen LogP contribution >= 0.6 is 22.6 Å². The number of amides is 1. The van der Waals surface area contributed by atoms with Crippen molar-refractivity contribution >= 4 is 34.2 Å². The van der Waals surface area contributed by atoms with Crippen molar-refractivity contribution in [3.8, 4) is 0 Å². The number of aryl methyl sites for hydroxylation is 1. The molecule has 1 amide bonds. The van der Waals surface area contributed by atoms with E-state index < -0.39 is 0 Å². The maximum atomic E-state index is 12.4. The Morgan fingerprint density at radius 3 is 2.74 bits per heavy atom. The molecule has 2 saturated carbocycles. The first-order chi connectivity index (χ1) is 9.06. The summed E-state index contributed by atoms with van der Waals surface area (Å²) in [6.45, 7) is 2.07. The van der Waals surface area contributed by atoms with Crippen LogP contribution in [-0.4, -0.2) is 11.9 Å². The quantitative estimate of drug-likeness (QED) is 0.787. The van der Waals surface area contributed by atoms with Crippen molar-refractivity contribution in [1.29, 1.82) is 0 Å². The Balaban J connectivity index is 1.73. The molecule has 3 nitrogen and oxygen atoms in total. The van der Waals surface area contributed by atoms with Crippen LogP contribution in [0.2, 0.25) is 0 Å². The maximum Gasteiger partial charge on any atom is 0.229 e. The van der Waals surface area contributed by atoms with Crippen molar-refractivity contribution < 1.29 is 4.79 Å². The molecule has 1 aromatic carbocycles. The molecule has 0 aromatic heterocycles. The van der Waals surface area contributed by atoms with Crippen molar-refractivity contribution in [3.63, 3.8) is 0 Å². The van der Waals surface area contributed by atoms with Gasteiger partial charge in [-0.15, -0.1) is 0 Å². The van der Waals surface area contributed by atoms with Gasteiger partial charge in [-0.25, -0.2) is 0 Å². The number of fused-ring (bicyclic) bond motifs is 2. The minimum atomic E-state index is 0.0118. The maximum absolute atomic E-state index is 12.4. The molecule has 0 aliphatic heterocycles. The minimum Gasteiger partial charge on any atom is -0.327 e. The largest absolute Gasteiger partial charge is 0.327 e. The molecule has 19 heavy (non-hydrogen) atoms. The summed E-state index contributed by atoms with van der Waals surface area (Å²) in [5.74, 6) is 1.19. The summed E-state index contributed by atoms with van der Waals surface area (Å²) in [5, 5.41) is 3.04. The van der Waals surface area contributed by atoms with Gasteiger partial charge in [0.25, 0.3) is 0 Å². The molecule has 4 unspecified atom stereocenters. The molecule has 0 radical (unpaired) electrons. The minimum absolute atomic E-state index is 0.0118. The van der Waals surface area contributed by atoms with Crippen LogP contribution in [0.15, 0.2) is 18.2 Å². The molecular weight excluding hydrogens is 351 g/mol. The number of nitrogens with two attached hydrogens (primary N) is 1. The van der Waals surface area contributed by atoms with Gasteiger partial charge in [0.1, 0.15) is 0 Å². The Morgan fingerprint density at radius 1 is 1.37 bits per heavy atom. The fourth-order valence-electron chi connectivity index (χ4n) is 3.62. The number of hydrogen-bond acceptors (Lipinski definition) is 2. The Bertz CT molecular complexity index is 515. The van der Waals surface area contributed by atoms with E-state index in [1.165, 1.54) is 22.0 Å². The molecule has 4 heteroatoms. The van der Waals surface area contributed by atoms with Gasteiger partial charge in [0.2, 0.25) is 5.91 Å². The van der Waals surface area contributed by atoms with Crippen molar-refractivity contribution in [2.75, 3.05) is 5.32 Å². The molecule has 2 aliphatic rings. The summed E-state index contributed by atoms with van der Waals surface area (Å²) in [5.41, 5.74) is 8.33. The van der Waals surface area contributed by atoms with E-state index >= 15 is 0 Å². The third-order valence-electron chi connectivity index (χ3n) is 4.72. The van der Waals surface area contributed by atoms with Gasteiger partial charge in [0.05, 0.1) is 5.92 Å². The third kappa shape index (κ3) is 2.40. The lowest BCUT2D eigenvalue weighted by molar-refractivity contribution is -0.121. The van der Waals surface area contributed by atoms with E-state index in [4.69, 9.17) is 5.73 Å². The van der Waals surface area contributed by atoms with E-state index in [1.54, 1.807) is 0 Å². The molecule has 102 valence electrons. The van der Waals surface area contributed by atoms with Gasteiger partial charge in [-0.3, -0.25) is 4.79 Å². The standard InChI is InChI=1S/C15H19IN2O/c1-8-2-5-11(7-12(8)16)18-15(19)13-9-3-4-10(6-9)14(13)17/h2,5,7,9-10,13-14H,3-4,6,17H2,1H3,(H,18,19). The van der Waals surface area contributed by atoms with Crippen molar-refractivity contribution in [1.82, 2.24) is 0 Å². The monoisotopic (exact) mass is 370 g/mol. The summed E-state index contributed by atoms with van der Waals surface area (Å²) in [7, 11) is 0. The Hall–Kier alpha value is -0.620. The van der Waals surface area contributed by atoms with Crippen LogP contribution in [0.3, 0.4) is 0 Å². The number of rotatable bonds is 2. The van der Waals surface area contributed by atoms with Gasteiger partial charge >= 0.3 is 0 Å². The average Bonchev–Trinajstić information content (AvgIpc) is 2.94. The smallest absolute Gasteiger partial charge is 0.229 e. The lowest BCUT2D eigenvalue weighted by atomic mass is 9.84. The lowest BCUT2D eigenvalue weighted by Crippen LogP contribution is -2.42. The normalized spacial score (nSPS) is 32.6. The highest BCUT2D eigenvalue weighted by Gasteiger charge is 2.49. The topological polar surface area (TPSA) is 55.1 Å². The zero-order valence-corrected chi connectivity index (χ0v) is 13.2. The lowest BCUT2D eigenvalue weighted by Gasteiger charge is -2.27. The van der Waals surface area contributed by atoms with Crippen LogP contribution < -0.4 is 11.1 Å². The van der Waals surface area contributed by atoms with E-state index in [2.05, 4.69) is 34.8 Å². The second kappa shape index (κ2) is 5.05. The third-order valence-corrected chi connectivity index (χ3v) is 5.88. The number of halogens is 1. The SMILES string of the molecule is Cc1ccc(NC(=O)C2C3CCC(C3)C2N)cc1I. The summed E-state index contributed by atoms with van der Waals surface area (Å²) in [6, 6.07) is 6.09. The van der Waals surface area contributed by atoms with Crippen LogP contribution in [0.4, 0.5) is 5.69 Å². The summed E-state index contributed by atoms with van der Waals surface area (Å²) >= 11 is 2.29. The number of benzene rings is 1. The van der Waals surface area contributed by atoms with Gasteiger partial charge < -0.3 is 11.1 Å². The van der Waals surface area contributed by atoms with Crippen LogP contribution in [0.1, 0.15) is 24.8 Å². The highest BCUT2D eigenvalue weighted by Crippen LogP contribution is 2.47. The van der Waals surface area contributed by atoms with E-state index in [-0.39, 0.29) is 17.9 Å². The number of carbonyl (C=O) groups excluding carboxylic acids is 1. The van der Waals surface area contributed by atoms with Crippen molar-refractivity contribution in [3.05, 3.63) is 27.3 Å². The molecule has 0 heterocycles. The fourth-order valence-corrected chi connectivity index (χ4v) is 4.14. The predicted octanol–water partition coefficient (Wildman–Crippen LogP) is 2.91. The molecule has 3 N–H and O–H groups in total. The summed E-state index contributed by atoms with van der Waals surface area (Å²) in [6.07, 6.45) is 3.52. The highest BCUT2D eigenvalue weighted by atomic mass is 127. The molecule has 4 atom stereocenters. The second-order valence-electron chi connectivity index (χ2n) is 5.89. The molecule has 3 rings (SSSR count). The van der Waals surface area contributed by atoms with Crippen LogP contribution in [-0.2, 0) is 4.79 Å². The fraction of sp³-hybridized carbons (Fsp3) is 0.533.